The van der Waals surface area contributed by atoms with E-state index in [0.717, 1.165) is 31.9 Å². The molecular weight excluding hydrogens is 289 g/mol. The number of rotatable bonds is 4. The molecule has 0 bridgehead atoms. The predicted octanol–water partition coefficient (Wildman–Crippen LogP) is 3.17. The van der Waals surface area contributed by atoms with E-state index in [1.807, 2.05) is 12.1 Å². The molecule has 2 aromatic carbocycles. The lowest BCUT2D eigenvalue weighted by Crippen LogP contribution is -2.47. The normalized spacial score (nSPS) is 17.3. The van der Waals surface area contributed by atoms with Crippen molar-refractivity contribution in [3.63, 3.8) is 0 Å². The number of halogens is 1. The third-order valence-corrected chi connectivity index (χ3v) is 4.75. The molecule has 0 saturated carbocycles. The lowest BCUT2D eigenvalue weighted by atomic mass is 10.0. The Balaban J connectivity index is 1.60. The summed E-state index contributed by atoms with van der Waals surface area (Å²) in [5.41, 5.74) is 9.26. The summed E-state index contributed by atoms with van der Waals surface area (Å²) in [5.74, 6) is -0.179. The number of nitrogens with two attached hydrogens (primary N) is 1. The van der Waals surface area contributed by atoms with Crippen molar-refractivity contribution in [3.8, 4) is 0 Å². The fourth-order valence-electron chi connectivity index (χ4n) is 3.16. The van der Waals surface area contributed by atoms with Gasteiger partial charge in [-0.3, -0.25) is 4.90 Å². The van der Waals surface area contributed by atoms with Gasteiger partial charge in [0, 0.05) is 44.5 Å². The van der Waals surface area contributed by atoms with Crippen molar-refractivity contribution >= 4 is 5.69 Å². The predicted molar refractivity (Wildman–Crippen MR) is 92.9 cm³/mol. The summed E-state index contributed by atoms with van der Waals surface area (Å²) in [6, 6.07) is 15.8. The molecule has 0 aliphatic carbocycles. The van der Waals surface area contributed by atoms with Gasteiger partial charge in [-0.2, -0.15) is 0 Å². The summed E-state index contributed by atoms with van der Waals surface area (Å²) < 4.78 is 13.0. The van der Waals surface area contributed by atoms with E-state index in [4.69, 9.17) is 5.73 Å². The van der Waals surface area contributed by atoms with E-state index in [1.165, 1.54) is 23.3 Å². The van der Waals surface area contributed by atoms with Crippen LogP contribution in [0.4, 0.5) is 10.1 Å². The monoisotopic (exact) mass is 313 g/mol. The molecule has 0 unspecified atom stereocenters. The molecule has 1 fully saturated rings. The van der Waals surface area contributed by atoms with Gasteiger partial charge in [0.1, 0.15) is 5.82 Å². The van der Waals surface area contributed by atoms with E-state index < -0.39 is 0 Å². The van der Waals surface area contributed by atoms with Crippen molar-refractivity contribution in [1.29, 1.82) is 0 Å². The van der Waals surface area contributed by atoms with Gasteiger partial charge in [-0.1, -0.05) is 24.3 Å². The average molecular weight is 313 g/mol. The van der Waals surface area contributed by atoms with Gasteiger partial charge in [-0.25, -0.2) is 4.39 Å². The molecule has 4 heteroatoms. The number of benzene rings is 2. The van der Waals surface area contributed by atoms with E-state index >= 15 is 0 Å². The third kappa shape index (κ3) is 3.71. The van der Waals surface area contributed by atoms with E-state index in [9.17, 15) is 4.39 Å². The van der Waals surface area contributed by atoms with Crippen LogP contribution in [0, 0.1) is 5.82 Å². The van der Waals surface area contributed by atoms with Crippen molar-refractivity contribution in [3.05, 3.63) is 65.5 Å². The van der Waals surface area contributed by atoms with Crippen LogP contribution in [0.2, 0.25) is 0 Å². The first-order chi connectivity index (χ1) is 11.2. The maximum Gasteiger partial charge on any atom is 0.123 e. The molecule has 0 amide bonds. The Bertz CT molecular complexity index is 616. The highest BCUT2D eigenvalue weighted by Crippen LogP contribution is 2.24. The topological polar surface area (TPSA) is 32.5 Å². The molecule has 1 saturated heterocycles. The van der Waals surface area contributed by atoms with E-state index in [1.54, 1.807) is 0 Å². The summed E-state index contributed by atoms with van der Waals surface area (Å²) in [4.78, 5) is 4.82. The number of hydrogen-bond acceptors (Lipinski definition) is 3. The van der Waals surface area contributed by atoms with Crippen molar-refractivity contribution < 1.29 is 4.39 Å². The first kappa shape index (κ1) is 16.0. The van der Waals surface area contributed by atoms with Gasteiger partial charge in [0.15, 0.2) is 0 Å². The molecule has 0 radical (unpaired) electrons. The number of anilines is 1. The molecule has 0 aromatic heterocycles. The molecule has 1 aliphatic rings. The molecular formula is C19H24FN3. The second kappa shape index (κ2) is 7.11. The van der Waals surface area contributed by atoms with Crippen LogP contribution in [0.1, 0.15) is 24.1 Å². The van der Waals surface area contributed by atoms with Crippen molar-refractivity contribution in [1.82, 2.24) is 4.90 Å². The van der Waals surface area contributed by atoms with Crippen LogP contribution in [0.25, 0.3) is 0 Å². The van der Waals surface area contributed by atoms with Crippen LogP contribution >= 0.6 is 0 Å². The van der Waals surface area contributed by atoms with Gasteiger partial charge < -0.3 is 10.6 Å². The quantitative estimate of drug-likeness (QED) is 0.941. The molecule has 1 aliphatic heterocycles. The summed E-state index contributed by atoms with van der Waals surface area (Å²) in [6.07, 6.45) is 0. The molecule has 2 aromatic rings. The van der Waals surface area contributed by atoms with Gasteiger partial charge >= 0.3 is 0 Å². The Hall–Kier alpha value is -1.91. The molecule has 1 heterocycles. The molecule has 1 atom stereocenters. The number of nitrogens with zero attached hydrogens (tertiary/aromatic N) is 2. The smallest absolute Gasteiger partial charge is 0.123 e. The van der Waals surface area contributed by atoms with Crippen LogP contribution < -0.4 is 10.6 Å². The van der Waals surface area contributed by atoms with Gasteiger partial charge in [0.05, 0.1) is 0 Å². The standard InChI is InChI=1S/C19H24FN3/c1-15(17-4-2-16(14-21)3-5-17)22-10-12-23(13-11-22)19-8-6-18(20)7-9-19/h2-9,15H,10-14,21H2,1H3/t15-/m0/s1. The highest BCUT2D eigenvalue weighted by molar-refractivity contribution is 5.46. The van der Waals surface area contributed by atoms with E-state index in [-0.39, 0.29) is 5.82 Å². The molecule has 2 N–H and O–H groups in total. The highest BCUT2D eigenvalue weighted by Gasteiger charge is 2.22. The van der Waals surface area contributed by atoms with Crippen molar-refractivity contribution in [2.24, 2.45) is 5.73 Å². The molecule has 0 spiro atoms. The summed E-state index contributed by atoms with van der Waals surface area (Å²) in [5, 5.41) is 0. The zero-order valence-corrected chi connectivity index (χ0v) is 13.6. The van der Waals surface area contributed by atoms with Crippen LogP contribution in [-0.2, 0) is 6.54 Å². The van der Waals surface area contributed by atoms with Gasteiger partial charge in [0.2, 0.25) is 0 Å². The van der Waals surface area contributed by atoms with Crippen LogP contribution in [0.5, 0.6) is 0 Å². The largest absolute Gasteiger partial charge is 0.369 e. The Morgan fingerprint density at radius 3 is 2.13 bits per heavy atom. The van der Waals surface area contributed by atoms with E-state index in [2.05, 4.69) is 41.0 Å². The lowest BCUT2D eigenvalue weighted by molar-refractivity contribution is 0.198. The lowest BCUT2D eigenvalue weighted by Gasteiger charge is -2.39. The molecule has 3 rings (SSSR count). The van der Waals surface area contributed by atoms with Crippen molar-refractivity contribution in [2.45, 2.75) is 19.5 Å². The minimum atomic E-state index is -0.179. The second-order valence-corrected chi connectivity index (χ2v) is 6.12. The Morgan fingerprint density at radius 1 is 0.957 bits per heavy atom. The van der Waals surface area contributed by atoms with Crippen molar-refractivity contribution in [2.75, 3.05) is 31.1 Å². The second-order valence-electron chi connectivity index (χ2n) is 6.12. The third-order valence-electron chi connectivity index (χ3n) is 4.75. The van der Waals surface area contributed by atoms with Crippen LogP contribution in [-0.4, -0.2) is 31.1 Å². The van der Waals surface area contributed by atoms with Gasteiger partial charge in [0.25, 0.3) is 0 Å². The zero-order valence-electron chi connectivity index (χ0n) is 13.6. The van der Waals surface area contributed by atoms with Gasteiger partial charge in [-0.15, -0.1) is 0 Å². The van der Waals surface area contributed by atoms with Crippen LogP contribution in [0.15, 0.2) is 48.5 Å². The summed E-state index contributed by atoms with van der Waals surface area (Å²) in [7, 11) is 0. The Kier molecular flexibility index (Phi) is 4.94. The maximum atomic E-state index is 13.0. The SMILES string of the molecule is C[C@@H](c1ccc(CN)cc1)N1CCN(c2ccc(F)cc2)CC1. The van der Waals surface area contributed by atoms with Crippen LogP contribution in [0.3, 0.4) is 0 Å². The van der Waals surface area contributed by atoms with E-state index in [0.29, 0.717) is 12.6 Å². The fourth-order valence-corrected chi connectivity index (χ4v) is 3.16. The maximum absolute atomic E-state index is 13.0. The first-order valence-electron chi connectivity index (χ1n) is 8.21. The van der Waals surface area contributed by atoms with Gasteiger partial charge in [-0.05, 0) is 42.3 Å². The molecule has 3 nitrogen and oxygen atoms in total. The minimum absolute atomic E-state index is 0.179. The Labute approximate surface area is 137 Å². The fraction of sp³-hybridized carbons (Fsp3) is 0.368. The summed E-state index contributed by atoms with van der Waals surface area (Å²) in [6.45, 7) is 6.80. The zero-order chi connectivity index (χ0) is 16.2. The minimum Gasteiger partial charge on any atom is -0.369 e. The number of hydrogen-bond donors (Lipinski definition) is 1. The summed E-state index contributed by atoms with van der Waals surface area (Å²) >= 11 is 0. The first-order valence-corrected chi connectivity index (χ1v) is 8.21. The average Bonchev–Trinajstić information content (AvgIpc) is 2.62. The molecule has 122 valence electrons. The molecule has 23 heavy (non-hydrogen) atoms. The number of piperazine rings is 1. The highest BCUT2D eigenvalue weighted by atomic mass is 19.1. The Morgan fingerprint density at radius 2 is 1.57 bits per heavy atom.